The van der Waals surface area contributed by atoms with Crippen molar-refractivity contribution in [2.75, 3.05) is 27.2 Å². The number of sulfonamides is 1. The first-order valence-electron chi connectivity index (χ1n) is 8.94. The summed E-state index contributed by atoms with van der Waals surface area (Å²) in [6, 6.07) is 11.7. The highest BCUT2D eigenvalue weighted by atomic mass is 35.5. The van der Waals surface area contributed by atoms with Gasteiger partial charge in [-0.1, -0.05) is 35.9 Å². The van der Waals surface area contributed by atoms with Gasteiger partial charge >= 0.3 is 5.97 Å². The van der Waals surface area contributed by atoms with Gasteiger partial charge in [-0.25, -0.2) is 17.5 Å². The van der Waals surface area contributed by atoms with Crippen LogP contribution < -0.4 is 0 Å². The molecule has 0 N–H and O–H groups in total. The van der Waals surface area contributed by atoms with Crippen LogP contribution in [0.2, 0.25) is 5.02 Å². The maximum absolute atomic E-state index is 12.5. The molecule has 0 unspecified atom stereocenters. The second-order valence-corrected chi connectivity index (χ2v) is 9.40. The number of benzene rings is 2. The Balaban J connectivity index is 1.67. The van der Waals surface area contributed by atoms with E-state index in [0.29, 0.717) is 13.1 Å². The van der Waals surface area contributed by atoms with Crippen LogP contribution in [0.1, 0.15) is 21.5 Å². The minimum absolute atomic E-state index is 0.0482. The summed E-state index contributed by atoms with van der Waals surface area (Å²) in [4.78, 5) is 26.4. The van der Waals surface area contributed by atoms with Gasteiger partial charge < -0.3 is 9.64 Å². The molecule has 1 heterocycles. The van der Waals surface area contributed by atoms with Crippen LogP contribution in [0, 0.1) is 0 Å². The quantitative estimate of drug-likeness (QED) is 0.672. The fraction of sp³-hybridized carbons (Fsp3) is 0.300. The summed E-state index contributed by atoms with van der Waals surface area (Å²) in [6.07, 6.45) is 0.742. The van der Waals surface area contributed by atoms with E-state index in [9.17, 15) is 18.0 Å². The number of hydrogen-bond acceptors (Lipinski definition) is 5. The summed E-state index contributed by atoms with van der Waals surface area (Å²) in [5.41, 5.74) is 2.17. The zero-order chi connectivity index (χ0) is 21.2. The highest BCUT2D eigenvalue weighted by molar-refractivity contribution is 7.89. The number of halogens is 1. The minimum Gasteiger partial charge on any atom is -0.452 e. The summed E-state index contributed by atoms with van der Waals surface area (Å²) < 4.78 is 30.7. The molecule has 3 rings (SSSR count). The lowest BCUT2D eigenvalue weighted by Gasteiger charge is -2.28. The van der Waals surface area contributed by atoms with Gasteiger partial charge in [-0.3, -0.25) is 4.79 Å². The molecule has 0 saturated carbocycles. The molecule has 1 amide bonds. The Morgan fingerprint density at radius 1 is 1.14 bits per heavy atom. The van der Waals surface area contributed by atoms with Gasteiger partial charge in [0.2, 0.25) is 10.0 Å². The fourth-order valence-electron chi connectivity index (χ4n) is 3.04. The molecular formula is C20H21ClN2O5S. The lowest BCUT2D eigenvalue weighted by Crippen LogP contribution is -2.38. The molecule has 0 radical (unpaired) electrons. The number of amides is 1. The smallest absolute Gasteiger partial charge is 0.340 e. The third-order valence-corrected chi connectivity index (χ3v) is 6.89. The van der Waals surface area contributed by atoms with E-state index in [2.05, 4.69) is 0 Å². The molecule has 7 nitrogen and oxygen atoms in total. The predicted octanol–water partition coefficient (Wildman–Crippen LogP) is 2.33. The van der Waals surface area contributed by atoms with E-state index in [1.807, 2.05) is 24.3 Å². The molecule has 2 aromatic rings. The van der Waals surface area contributed by atoms with Gasteiger partial charge in [0, 0.05) is 27.2 Å². The first-order chi connectivity index (χ1) is 13.7. The van der Waals surface area contributed by atoms with Crippen molar-refractivity contribution < 1.29 is 22.7 Å². The predicted molar refractivity (Wildman–Crippen MR) is 108 cm³/mol. The molecule has 0 atom stereocenters. The van der Waals surface area contributed by atoms with Crippen molar-refractivity contribution in [2.45, 2.75) is 17.9 Å². The van der Waals surface area contributed by atoms with Gasteiger partial charge in [0.05, 0.1) is 15.5 Å². The molecule has 1 aliphatic rings. The van der Waals surface area contributed by atoms with Crippen molar-refractivity contribution in [3.05, 3.63) is 64.2 Å². The van der Waals surface area contributed by atoms with Gasteiger partial charge in [0.25, 0.3) is 5.91 Å². The molecule has 0 bridgehead atoms. The van der Waals surface area contributed by atoms with E-state index in [0.717, 1.165) is 22.4 Å². The first kappa shape index (κ1) is 21.3. The Morgan fingerprint density at radius 2 is 1.83 bits per heavy atom. The number of ether oxygens (including phenoxy) is 1. The maximum Gasteiger partial charge on any atom is 0.340 e. The van der Waals surface area contributed by atoms with E-state index in [-0.39, 0.29) is 21.4 Å². The van der Waals surface area contributed by atoms with Gasteiger partial charge in [0.15, 0.2) is 6.61 Å². The van der Waals surface area contributed by atoms with Crippen molar-refractivity contribution in [3.8, 4) is 0 Å². The molecule has 1 aliphatic heterocycles. The van der Waals surface area contributed by atoms with Crippen LogP contribution in [0.5, 0.6) is 0 Å². The molecule has 0 saturated heterocycles. The summed E-state index contributed by atoms with van der Waals surface area (Å²) in [7, 11) is -0.962. The van der Waals surface area contributed by atoms with Gasteiger partial charge in [0.1, 0.15) is 0 Å². The molecule has 9 heteroatoms. The second-order valence-electron chi connectivity index (χ2n) is 6.84. The Kier molecular flexibility index (Phi) is 6.26. The third kappa shape index (κ3) is 4.60. The molecule has 0 fully saturated rings. The van der Waals surface area contributed by atoms with Crippen molar-refractivity contribution in [2.24, 2.45) is 0 Å². The van der Waals surface area contributed by atoms with Crippen molar-refractivity contribution in [3.63, 3.8) is 0 Å². The lowest BCUT2D eigenvalue weighted by molar-refractivity contribution is -0.135. The van der Waals surface area contributed by atoms with E-state index < -0.39 is 22.6 Å². The molecular weight excluding hydrogens is 416 g/mol. The monoisotopic (exact) mass is 436 g/mol. The van der Waals surface area contributed by atoms with Crippen LogP contribution in [0.4, 0.5) is 0 Å². The van der Waals surface area contributed by atoms with Crippen LogP contribution in [0.15, 0.2) is 47.4 Å². The number of carbonyl (C=O) groups excluding carboxylic acids is 2. The van der Waals surface area contributed by atoms with Crippen LogP contribution in [0.3, 0.4) is 0 Å². The Bertz CT molecular complexity index is 1050. The summed E-state index contributed by atoms with van der Waals surface area (Å²) >= 11 is 6.04. The Labute approximate surface area is 174 Å². The van der Waals surface area contributed by atoms with E-state index in [1.165, 1.54) is 31.8 Å². The lowest BCUT2D eigenvalue weighted by atomic mass is 10.00. The molecule has 0 aliphatic carbocycles. The number of esters is 1. The number of fused-ring (bicyclic) bond motifs is 1. The number of nitrogens with zero attached hydrogens (tertiary/aromatic N) is 2. The average molecular weight is 437 g/mol. The summed E-state index contributed by atoms with van der Waals surface area (Å²) in [5.74, 6) is -1.17. The number of rotatable bonds is 5. The highest BCUT2D eigenvalue weighted by Crippen LogP contribution is 2.23. The minimum atomic E-state index is -3.73. The molecule has 2 aromatic carbocycles. The summed E-state index contributed by atoms with van der Waals surface area (Å²) in [6.45, 7) is 0.566. The zero-order valence-corrected chi connectivity index (χ0v) is 17.7. The fourth-order valence-corrected chi connectivity index (χ4v) is 4.16. The van der Waals surface area contributed by atoms with Crippen LogP contribution in [-0.4, -0.2) is 56.7 Å². The van der Waals surface area contributed by atoms with Crippen molar-refractivity contribution in [1.82, 2.24) is 9.21 Å². The Morgan fingerprint density at radius 3 is 2.52 bits per heavy atom. The van der Waals surface area contributed by atoms with Crippen LogP contribution in [0.25, 0.3) is 0 Å². The SMILES string of the molecule is CN(C)S(=O)(=O)c1ccc(Cl)c(C(=O)OCC(=O)N2CCc3ccccc3C2)c1. The number of hydrogen-bond donors (Lipinski definition) is 0. The van der Waals surface area contributed by atoms with Crippen molar-refractivity contribution in [1.29, 1.82) is 0 Å². The number of carbonyl (C=O) groups is 2. The third-order valence-electron chi connectivity index (χ3n) is 4.75. The van der Waals surface area contributed by atoms with Gasteiger partial charge in [-0.15, -0.1) is 0 Å². The molecule has 0 spiro atoms. The normalized spacial score (nSPS) is 13.9. The van der Waals surface area contributed by atoms with Crippen LogP contribution >= 0.6 is 11.6 Å². The van der Waals surface area contributed by atoms with Gasteiger partial charge in [-0.05, 0) is 35.7 Å². The van der Waals surface area contributed by atoms with Crippen molar-refractivity contribution >= 4 is 33.5 Å². The van der Waals surface area contributed by atoms with E-state index in [4.69, 9.17) is 16.3 Å². The molecule has 29 heavy (non-hydrogen) atoms. The van der Waals surface area contributed by atoms with Gasteiger partial charge in [-0.2, -0.15) is 0 Å². The van der Waals surface area contributed by atoms with Crippen LogP contribution in [-0.2, 0) is 32.5 Å². The zero-order valence-electron chi connectivity index (χ0n) is 16.1. The maximum atomic E-state index is 12.5. The highest BCUT2D eigenvalue weighted by Gasteiger charge is 2.24. The summed E-state index contributed by atoms with van der Waals surface area (Å²) in [5, 5.41) is 0.0482. The molecule has 0 aromatic heterocycles. The van der Waals surface area contributed by atoms with E-state index in [1.54, 1.807) is 4.90 Å². The molecule has 154 valence electrons. The average Bonchev–Trinajstić information content (AvgIpc) is 2.71. The first-order valence-corrected chi connectivity index (χ1v) is 10.8. The van der Waals surface area contributed by atoms with E-state index >= 15 is 0 Å². The second kappa shape index (κ2) is 8.52. The Hall–Kier alpha value is -2.42. The standard InChI is InChI=1S/C20H21ClN2O5S/c1-22(2)29(26,27)16-7-8-18(21)17(11-16)20(25)28-13-19(24)23-10-9-14-5-3-4-6-15(14)12-23/h3-8,11H,9-10,12-13H2,1-2H3. The largest absolute Gasteiger partial charge is 0.452 e. The topological polar surface area (TPSA) is 84.0 Å².